The van der Waals surface area contributed by atoms with E-state index >= 15 is 0 Å². The molecule has 0 fully saturated rings. The van der Waals surface area contributed by atoms with E-state index < -0.39 is 0 Å². The van der Waals surface area contributed by atoms with Gasteiger partial charge in [-0.2, -0.15) is 0 Å². The van der Waals surface area contributed by atoms with Gasteiger partial charge in [0.25, 0.3) is 0 Å². The molecule has 92 valence electrons. The molecule has 0 saturated heterocycles. The number of fused-ring (bicyclic) bond motifs is 1. The average molecular weight is 233 g/mol. The van der Waals surface area contributed by atoms with Crippen molar-refractivity contribution in [2.45, 2.75) is 26.2 Å². The summed E-state index contributed by atoms with van der Waals surface area (Å²) in [6.45, 7) is 4.46. The third-order valence-corrected chi connectivity index (χ3v) is 3.34. The highest BCUT2D eigenvalue weighted by Gasteiger charge is 2.32. The first-order chi connectivity index (χ1) is 8.03. The lowest BCUT2D eigenvalue weighted by atomic mass is 9.77. The van der Waals surface area contributed by atoms with Crippen LogP contribution in [0.2, 0.25) is 0 Å². The number of benzene rings is 1. The van der Waals surface area contributed by atoms with Gasteiger partial charge in [-0.15, -0.1) is 0 Å². The van der Waals surface area contributed by atoms with Crippen molar-refractivity contribution in [2.24, 2.45) is 5.41 Å². The average Bonchev–Trinajstić information content (AvgIpc) is 2.28. The fourth-order valence-corrected chi connectivity index (χ4v) is 2.00. The van der Waals surface area contributed by atoms with Crippen LogP contribution in [0.3, 0.4) is 0 Å². The summed E-state index contributed by atoms with van der Waals surface area (Å²) in [6, 6.07) is 8.05. The SMILES string of the molecule is CC(C)(CO)CNC(=O)C1Cc2ccccc21. The predicted octanol–water partition coefficient (Wildman–Crippen LogP) is 1.46. The molecule has 1 amide bonds. The molecule has 2 N–H and O–H groups in total. The Labute approximate surface area is 102 Å². The summed E-state index contributed by atoms with van der Waals surface area (Å²) in [4.78, 5) is 12.0. The molecule has 1 atom stereocenters. The van der Waals surface area contributed by atoms with Gasteiger partial charge in [-0.1, -0.05) is 38.1 Å². The topological polar surface area (TPSA) is 49.3 Å². The summed E-state index contributed by atoms with van der Waals surface area (Å²) >= 11 is 0. The van der Waals surface area contributed by atoms with E-state index in [0.29, 0.717) is 6.54 Å². The van der Waals surface area contributed by atoms with Crippen molar-refractivity contribution in [3.63, 3.8) is 0 Å². The van der Waals surface area contributed by atoms with Crippen LogP contribution in [0, 0.1) is 5.41 Å². The van der Waals surface area contributed by atoms with Crippen LogP contribution in [0.1, 0.15) is 30.9 Å². The third kappa shape index (κ3) is 2.50. The lowest BCUT2D eigenvalue weighted by Crippen LogP contribution is -2.41. The first-order valence-corrected chi connectivity index (χ1v) is 6.00. The molecular weight excluding hydrogens is 214 g/mol. The normalized spacial score (nSPS) is 18.2. The van der Waals surface area contributed by atoms with Gasteiger partial charge in [0.15, 0.2) is 0 Å². The molecule has 3 nitrogen and oxygen atoms in total. The first kappa shape index (κ1) is 12.1. The zero-order chi connectivity index (χ0) is 12.5. The second-order valence-corrected chi connectivity index (χ2v) is 5.50. The van der Waals surface area contributed by atoms with Crippen molar-refractivity contribution < 1.29 is 9.90 Å². The van der Waals surface area contributed by atoms with Crippen molar-refractivity contribution >= 4 is 5.91 Å². The molecule has 0 spiro atoms. The number of nitrogens with one attached hydrogen (secondary N) is 1. The van der Waals surface area contributed by atoms with E-state index in [1.165, 1.54) is 5.56 Å². The number of hydrogen-bond acceptors (Lipinski definition) is 2. The largest absolute Gasteiger partial charge is 0.396 e. The molecule has 0 radical (unpaired) electrons. The quantitative estimate of drug-likeness (QED) is 0.827. The number of rotatable bonds is 4. The van der Waals surface area contributed by atoms with Gasteiger partial charge in [-0.3, -0.25) is 4.79 Å². The molecule has 0 aliphatic heterocycles. The second-order valence-electron chi connectivity index (χ2n) is 5.50. The Morgan fingerprint density at radius 2 is 2.18 bits per heavy atom. The van der Waals surface area contributed by atoms with Gasteiger partial charge in [0.2, 0.25) is 5.91 Å². The Morgan fingerprint density at radius 1 is 1.47 bits per heavy atom. The lowest BCUT2D eigenvalue weighted by molar-refractivity contribution is -0.123. The number of carbonyl (C=O) groups is 1. The summed E-state index contributed by atoms with van der Waals surface area (Å²) in [5.74, 6) is 0.0749. The highest BCUT2D eigenvalue weighted by atomic mass is 16.3. The highest BCUT2D eigenvalue weighted by molar-refractivity contribution is 5.86. The minimum atomic E-state index is -0.251. The highest BCUT2D eigenvalue weighted by Crippen LogP contribution is 2.34. The first-order valence-electron chi connectivity index (χ1n) is 6.00. The summed E-state index contributed by atoms with van der Waals surface area (Å²) in [5.41, 5.74) is 2.17. The molecule has 0 heterocycles. The fourth-order valence-electron chi connectivity index (χ4n) is 2.00. The van der Waals surface area contributed by atoms with Crippen LogP contribution in [-0.4, -0.2) is 24.2 Å². The molecule has 0 aromatic heterocycles. The van der Waals surface area contributed by atoms with Crippen LogP contribution in [0.4, 0.5) is 0 Å². The summed E-state index contributed by atoms with van der Waals surface area (Å²) < 4.78 is 0. The summed E-state index contributed by atoms with van der Waals surface area (Å²) in [5, 5.41) is 12.0. The molecule has 17 heavy (non-hydrogen) atoms. The summed E-state index contributed by atoms with van der Waals surface area (Å²) in [6.07, 6.45) is 0.835. The maximum atomic E-state index is 12.0. The van der Waals surface area contributed by atoms with Crippen LogP contribution < -0.4 is 5.32 Å². The molecule has 1 aromatic rings. The summed E-state index contributed by atoms with van der Waals surface area (Å²) in [7, 11) is 0. The number of hydrogen-bond donors (Lipinski definition) is 2. The van der Waals surface area contributed by atoms with Gasteiger partial charge in [0.1, 0.15) is 0 Å². The minimum absolute atomic E-state index is 0.000642. The van der Waals surface area contributed by atoms with Crippen molar-refractivity contribution in [1.29, 1.82) is 0 Å². The molecule has 3 heteroatoms. The number of aliphatic hydroxyl groups is 1. The van der Waals surface area contributed by atoms with E-state index in [-0.39, 0.29) is 23.8 Å². The van der Waals surface area contributed by atoms with Gasteiger partial charge >= 0.3 is 0 Å². The Morgan fingerprint density at radius 3 is 2.82 bits per heavy atom. The Bertz CT molecular complexity index is 426. The van der Waals surface area contributed by atoms with E-state index in [1.54, 1.807) is 0 Å². The van der Waals surface area contributed by atoms with Crippen LogP contribution in [0.5, 0.6) is 0 Å². The van der Waals surface area contributed by atoms with E-state index in [1.807, 2.05) is 32.0 Å². The number of aliphatic hydroxyl groups excluding tert-OH is 1. The maximum Gasteiger partial charge on any atom is 0.227 e. The van der Waals surface area contributed by atoms with E-state index in [4.69, 9.17) is 5.11 Å². The van der Waals surface area contributed by atoms with Crippen LogP contribution in [0.15, 0.2) is 24.3 Å². The van der Waals surface area contributed by atoms with Gasteiger partial charge in [0.05, 0.1) is 5.92 Å². The minimum Gasteiger partial charge on any atom is -0.396 e. The van der Waals surface area contributed by atoms with Gasteiger partial charge in [-0.05, 0) is 17.5 Å². The standard InChI is InChI=1S/C14H19NO2/c1-14(2,9-16)8-15-13(17)12-7-10-5-3-4-6-11(10)12/h3-6,12,16H,7-9H2,1-2H3,(H,15,17). The van der Waals surface area contributed by atoms with Crippen molar-refractivity contribution in [3.8, 4) is 0 Å². The predicted molar refractivity (Wildman–Crippen MR) is 66.8 cm³/mol. The zero-order valence-corrected chi connectivity index (χ0v) is 10.4. The lowest BCUT2D eigenvalue weighted by Gasteiger charge is -2.30. The Kier molecular flexibility index (Phi) is 3.20. The van der Waals surface area contributed by atoms with E-state index in [2.05, 4.69) is 11.4 Å². The van der Waals surface area contributed by atoms with Gasteiger partial charge in [-0.25, -0.2) is 0 Å². The molecule has 0 bridgehead atoms. The fraction of sp³-hybridized carbons (Fsp3) is 0.500. The van der Waals surface area contributed by atoms with Crippen LogP contribution in [-0.2, 0) is 11.2 Å². The van der Waals surface area contributed by atoms with Crippen molar-refractivity contribution in [1.82, 2.24) is 5.32 Å². The van der Waals surface area contributed by atoms with Gasteiger partial charge < -0.3 is 10.4 Å². The van der Waals surface area contributed by atoms with E-state index in [9.17, 15) is 4.79 Å². The molecule has 0 saturated carbocycles. The third-order valence-electron chi connectivity index (χ3n) is 3.34. The molecule has 1 aliphatic carbocycles. The number of carbonyl (C=O) groups excluding carboxylic acids is 1. The van der Waals surface area contributed by atoms with Crippen molar-refractivity contribution in [2.75, 3.05) is 13.2 Å². The Balaban J connectivity index is 1.92. The monoisotopic (exact) mass is 233 g/mol. The maximum absolute atomic E-state index is 12.0. The van der Waals surface area contributed by atoms with Crippen LogP contribution in [0.25, 0.3) is 0 Å². The van der Waals surface area contributed by atoms with E-state index in [0.717, 1.165) is 12.0 Å². The zero-order valence-electron chi connectivity index (χ0n) is 10.4. The molecule has 1 unspecified atom stereocenters. The second kappa shape index (κ2) is 4.49. The smallest absolute Gasteiger partial charge is 0.227 e. The van der Waals surface area contributed by atoms with Gasteiger partial charge in [0, 0.05) is 18.6 Å². The molecule has 2 rings (SSSR count). The van der Waals surface area contributed by atoms with Crippen molar-refractivity contribution in [3.05, 3.63) is 35.4 Å². The molecule has 1 aromatic carbocycles. The molecular formula is C14H19NO2. The van der Waals surface area contributed by atoms with Crippen LogP contribution >= 0.6 is 0 Å². The molecule has 1 aliphatic rings. The Hall–Kier alpha value is -1.35. The number of amides is 1.